The van der Waals surface area contributed by atoms with E-state index in [0.717, 1.165) is 15.5 Å². The second kappa shape index (κ2) is 5.95. The summed E-state index contributed by atoms with van der Waals surface area (Å²) in [6.07, 6.45) is 2.27. The van der Waals surface area contributed by atoms with E-state index in [1.54, 1.807) is 12.4 Å². The van der Waals surface area contributed by atoms with E-state index >= 15 is 0 Å². The zero-order chi connectivity index (χ0) is 14.8. The Balaban J connectivity index is 1.75. The van der Waals surface area contributed by atoms with Crippen LogP contribution in [0.2, 0.25) is 0 Å². The third-order valence-electron chi connectivity index (χ3n) is 3.46. The summed E-state index contributed by atoms with van der Waals surface area (Å²) in [5.74, 6) is -0.227. The van der Waals surface area contributed by atoms with Gasteiger partial charge in [0.2, 0.25) is 0 Å². The van der Waals surface area contributed by atoms with Gasteiger partial charge < -0.3 is 10.3 Å². The van der Waals surface area contributed by atoms with Gasteiger partial charge in [0.15, 0.2) is 0 Å². The SMILES string of the molecule is NC(Cc1ccc(Br)cc1F)Cn1cnc2ccccc21. The molecule has 0 fully saturated rings. The largest absolute Gasteiger partial charge is 0.329 e. The van der Waals surface area contributed by atoms with Crippen LogP contribution in [0.4, 0.5) is 4.39 Å². The second-order valence-corrected chi connectivity index (χ2v) is 6.00. The van der Waals surface area contributed by atoms with Crippen LogP contribution >= 0.6 is 15.9 Å². The number of nitrogens with two attached hydrogens (primary N) is 1. The third-order valence-corrected chi connectivity index (χ3v) is 3.95. The predicted octanol–water partition coefficient (Wildman–Crippen LogP) is 3.51. The average Bonchev–Trinajstić information content (AvgIpc) is 2.85. The first-order valence-corrected chi connectivity index (χ1v) is 7.52. The van der Waals surface area contributed by atoms with Crippen molar-refractivity contribution in [3.8, 4) is 0 Å². The van der Waals surface area contributed by atoms with E-state index in [9.17, 15) is 4.39 Å². The highest BCUT2D eigenvalue weighted by molar-refractivity contribution is 9.10. The highest BCUT2D eigenvalue weighted by Crippen LogP contribution is 2.17. The number of fused-ring (bicyclic) bond motifs is 1. The van der Waals surface area contributed by atoms with E-state index in [1.165, 1.54) is 6.07 Å². The summed E-state index contributed by atoms with van der Waals surface area (Å²) in [5, 5.41) is 0. The molecule has 0 spiro atoms. The van der Waals surface area contributed by atoms with Gasteiger partial charge in [-0.05, 0) is 36.2 Å². The van der Waals surface area contributed by atoms with Crippen LogP contribution in [-0.2, 0) is 13.0 Å². The molecular formula is C16H15BrFN3. The number of halogens is 2. The van der Waals surface area contributed by atoms with Crippen LogP contribution < -0.4 is 5.73 Å². The zero-order valence-corrected chi connectivity index (χ0v) is 12.9. The lowest BCUT2D eigenvalue weighted by Gasteiger charge is -2.14. The van der Waals surface area contributed by atoms with Gasteiger partial charge in [-0.25, -0.2) is 9.37 Å². The molecule has 0 saturated carbocycles. The van der Waals surface area contributed by atoms with Crippen LogP contribution in [0.5, 0.6) is 0 Å². The highest BCUT2D eigenvalue weighted by Gasteiger charge is 2.11. The Morgan fingerprint density at radius 3 is 2.86 bits per heavy atom. The molecule has 0 saturated heterocycles. The molecule has 1 aromatic heterocycles. The van der Waals surface area contributed by atoms with Crippen molar-refractivity contribution in [3.05, 3.63) is 64.6 Å². The molecule has 3 rings (SSSR count). The number of benzene rings is 2. The molecule has 0 aliphatic carbocycles. The number of aromatic nitrogens is 2. The van der Waals surface area contributed by atoms with E-state index in [0.29, 0.717) is 18.5 Å². The van der Waals surface area contributed by atoms with Gasteiger partial charge in [-0.3, -0.25) is 0 Å². The lowest BCUT2D eigenvalue weighted by Crippen LogP contribution is -2.28. The second-order valence-electron chi connectivity index (χ2n) is 5.09. The maximum atomic E-state index is 13.8. The van der Waals surface area contributed by atoms with Crippen LogP contribution in [0.3, 0.4) is 0 Å². The Morgan fingerprint density at radius 1 is 1.24 bits per heavy atom. The van der Waals surface area contributed by atoms with Gasteiger partial charge in [-0.2, -0.15) is 0 Å². The van der Waals surface area contributed by atoms with E-state index in [-0.39, 0.29) is 11.9 Å². The van der Waals surface area contributed by atoms with Crippen molar-refractivity contribution < 1.29 is 4.39 Å². The summed E-state index contributed by atoms with van der Waals surface area (Å²) >= 11 is 3.25. The molecule has 1 atom stereocenters. The maximum absolute atomic E-state index is 13.8. The molecule has 0 bridgehead atoms. The van der Waals surface area contributed by atoms with Gasteiger partial charge in [0.1, 0.15) is 5.82 Å². The molecule has 2 N–H and O–H groups in total. The number of nitrogens with zero attached hydrogens (tertiary/aromatic N) is 2. The van der Waals surface area contributed by atoms with E-state index < -0.39 is 0 Å². The number of rotatable bonds is 4. The molecule has 0 radical (unpaired) electrons. The van der Waals surface area contributed by atoms with Crippen LogP contribution in [0.15, 0.2) is 53.3 Å². The van der Waals surface area contributed by atoms with Crippen molar-refractivity contribution in [3.63, 3.8) is 0 Å². The van der Waals surface area contributed by atoms with Gasteiger partial charge in [0, 0.05) is 17.1 Å². The molecular weight excluding hydrogens is 333 g/mol. The quantitative estimate of drug-likeness (QED) is 0.784. The monoisotopic (exact) mass is 347 g/mol. The number of hydrogen-bond donors (Lipinski definition) is 1. The third kappa shape index (κ3) is 3.14. The Kier molecular flexibility index (Phi) is 4.03. The number of hydrogen-bond acceptors (Lipinski definition) is 2. The number of para-hydroxylation sites is 2. The fourth-order valence-electron chi connectivity index (χ4n) is 2.44. The molecule has 0 aliphatic rings. The molecule has 21 heavy (non-hydrogen) atoms. The van der Waals surface area contributed by atoms with Crippen molar-refractivity contribution >= 4 is 27.0 Å². The van der Waals surface area contributed by atoms with Gasteiger partial charge >= 0.3 is 0 Å². The molecule has 3 nitrogen and oxygen atoms in total. The van der Waals surface area contributed by atoms with Crippen molar-refractivity contribution in [1.29, 1.82) is 0 Å². The summed E-state index contributed by atoms with van der Waals surface area (Å²) < 4.78 is 16.6. The molecule has 2 aromatic carbocycles. The lowest BCUT2D eigenvalue weighted by molar-refractivity contribution is 0.536. The van der Waals surface area contributed by atoms with E-state index in [4.69, 9.17) is 5.73 Å². The molecule has 1 heterocycles. The van der Waals surface area contributed by atoms with Gasteiger partial charge in [-0.1, -0.05) is 34.1 Å². The fourth-order valence-corrected chi connectivity index (χ4v) is 2.78. The summed E-state index contributed by atoms with van der Waals surface area (Å²) in [7, 11) is 0. The minimum Gasteiger partial charge on any atom is -0.329 e. The Labute approximate surface area is 130 Å². The topological polar surface area (TPSA) is 43.8 Å². The zero-order valence-electron chi connectivity index (χ0n) is 11.3. The molecule has 108 valence electrons. The minimum absolute atomic E-state index is 0.168. The first-order valence-electron chi connectivity index (χ1n) is 6.73. The smallest absolute Gasteiger partial charge is 0.127 e. The Bertz CT molecular complexity index is 769. The molecule has 0 aliphatic heterocycles. The average molecular weight is 348 g/mol. The van der Waals surface area contributed by atoms with Crippen LogP contribution in [0, 0.1) is 5.82 Å². The molecule has 0 amide bonds. The fraction of sp³-hybridized carbons (Fsp3) is 0.188. The Morgan fingerprint density at radius 2 is 2.05 bits per heavy atom. The predicted molar refractivity (Wildman–Crippen MR) is 85.5 cm³/mol. The van der Waals surface area contributed by atoms with Crippen LogP contribution in [0.1, 0.15) is 5.56 Å². The van der Waals surface area contributed by atoms with Crippen LogP contribution in [-0.4, -0.2) is 15.6 Å². The molecule has 3 aromatic rings. The summed E-state index contributed by atoms with van der Waals surface area (Å²) in [6, 6.07) is 12.8. The first kappa shape index (κ1) is 14.2. The highest BCUT2D eigenvalue weighted by atomic mass is 79.9. The Hall–Kier alpha value is -1.72. The van der Waals surface area contributed by atoms with E-state index in [1.807, 2.05) is 34.9 Å². The number of imidazole rings is 1. The maximum Gasteiger partial charge on any atom is 0.127 e. The van der Waals surface area contributed by atoms with Crippen molar-refractivity contribution in [2.24, 2.45) is 5.73 Å². The van der Waals surface area contributed by atoms with Crippen molar-refractivity contribution in [1.82, 2.24) is 9.55 Å². The minimum atomic E-state index is -0.227. The summed E-state index contributed by atoms with van der Waals surface area (Å²) in [6.45, 7) is 0.607. The lowest BCUT2D eigenvalue weighted by atomic mass is 10.1. The first-order chi connectivity index (χ1) is 10.1. The molecule has 5 heteroatoms. The van der Waals surface area contributed by atoms with Crippen molar-refractivity contribution in [2.75, 3.05) is 0 Å². The summed E-state index contributed by atoms with van der Waals surface area (Å²) in [4.78, 5) is 4.34. The standard InChI is InChI=1S/C16H15BrFN3/c17-12-6-5-11(14(18)8-12)7-13(19)9-21-10-20-15-3-1-2-4-16(15)21/h1-6,8,10,13H,7,9,19H2. The van der Waals surface area contributed by atoms with Crippen molar-refractivity contribution in [2.45, 2.75) is 19.0 Å². The van der Waals surface area contributed by atoms with Gasteiger partial charge in [0.25, 0.3) is 0 Å². The van der Waals surface area contributed by atoms with E-state index in [2.05, 4.69) is 20.9 Å². The van der Waals surface area contributed by atoms with Gasteiger partial charge in [0.05, 0.1) is 17.4 Å². The summed E-state index contributed by atoms with van der Waals surface area (Å²) in [5.41, 5.74) is 8.79. The molecule has 1 unspecified atom stereocenters. The van der Waals surface area contributed by atoms with Gasteiger partial charge in [-0.15, -0.1) is 0 Å². The van der Waals surface area contributed by atoms with Crippen LogP contribution in [0.25, 0.3) is 11.0 Å². The normalized spacial score (nSPS) is 12.7.